The lowest BCUT2D eigenvalue weighted by Gasteiger charge is -2.19. The molecule has 20 heavy (non-hydrogen) atoms. The van der Waals surface area contributed by atoms with E-state index < -0.39 is 0 Å². The van der Waals surface area contributed by atoms with E-state index in [0.29, 0.717) is 18.2 Å². The molecule has 104 valence electrons. The summed E-state index contributed by atoms with van der Waals surface area (Å²) in [5, 5.41) is 10.0. The number of benzene rings is 2. The van der Waals surface area contributed by atoms with Crippen LogP contribution in [0, 0.1) is 0 Å². The fraction of sp³-hybridized carbons (Fsp3) is 0.200. The number of ether oxygens (including phenoxy) is 2. The maximum atomic E-state index is 9.40. The summed E-state index contributed by atoms with van der Waals surface area (Å²) < 4.78 is 11.1. The topological polar surface area (TPSA) is 38.7 Å². The quantitative estimate of drug-likeness (QED) is 0.937. The van der Waals surface area contributed by atoms with Gasteiger partial charge < -0.3 is 14.6 Å². The monoisotopic (exact) mass is 308 g/mol. The number of aliphatic hydroxyl groups excluding tert-OH is 1. The lowest BCUT2D eigenvalue weighted by atomic mass is 10.2. The highest BCUT2D eigenvalue weighted by atomic mass is 35.5. The van der Waals surface area contributed by atoms with Crippen molar-refractivity contribution in [2.24, 2.45) is 0 Å². The van der Waals surface area contributed by atoms with Gasteiger partial charge in [-0.15, -0.1) is 0 Å². The molecule has 0 radical (unpaired) electrons. The lowest BCUT2D eigenvalue weighted by Crippen LogP contribution is -2.15. The Morgan fingerprint density at radius 3 is 2.70 bits per heavy atom. The van der Waals surface area contributed by atoms with Gasteiger partial charge in [0.1, 0.15) is 13.2 Å². The van der Waals surface area contributed by atoms with E-state index in [1.54, 1.807) is 0 Å². The van der Waals surface area contributed by atoms with E-state index in [4.69, 9.17) is 21.1 Å². The molecule has 0 amide bonds. The minimum Gasteiger partial charge on any atom is -0.486 e. The van der Waals surface area contributed by atoms with Crippen LogP contribution in [0.3, 0.4) is 0 Å². The number of hydrogen-bond donors (Lipinski definition) is 1. The summed E-state index contributed by atoms with van der Waals surface area (Å²) in [6.07, 6.45) is 0. The summed E-state index contributed by atoms with van der Waals surface area (Å²) in [6.45, 7) is 1.11. The molecule has 0 bridgehead atoms. The minimum atomic E-state index is -0.0343. The standard InChI is InChI=1S/C15H13ClO3S/c16-12-3-1-2-10(9-17)15(12)20-11-4-5-13-14(8-11)19-7-6-18-13/h1-5,8,17H,6-7,9H2. The zero-order chi connectivity index (χ0) is 13.9. The fourth-order valence-electron chi connectivity index (χ4n) is 2.00. The Morgan fingerprint density at radius 2 is 1.90 bits per heavy atom. The summed E-state index contributed by atoms with van der Waals surface area (Å²) in [5.74, 6) is 1.51. The Kier molecular flexibility index (Phi) is 4.05. The molecule has 0 unspecified atom stereocenters. The second kappa shape index (κ2) is 5.95. The van der Waals surface area contributed by atoms with Crippen molar-refractivity contribution in [3.8, 4) is 11.5 Å². The number of rotatable bonds is 3. The molecule has 3 rings (SSSR count). The molecule has 2 aromatic rings. The smallest absolute Gasteiger partial charge is 0.162 e. The number of fused-ring (bicyclic) bond motifs is 1. The highest BCUT2D eigenvalue weighted by molar-refractivity contribution is 7.99. The van der Waals surface area contributed by atoms with Gasteiger partial charge in [-0.25, -0.2) is 0 Å². The molecule has 0 saturated heterocycles. The molecule has 1 aliphatic heterocycles. The van der Waals surface area contributed by atoms with Crippen LogP contribution in [0.4, 0.5) is 0 Å². The van der Waals surface area contributed by atoms with Gasteiger partial charge in [-0.05, 0) is 29.8 Å². The first-order chi connectivity index (χ1) is 9.78. The van der Waals surface area contributed by atoms with Gasteiger partial charge in [0.05, 0.1) is 11.6 Å². The molecular weight excluding hydrogens is 296 g/mol. The predicted octanol–water partition coefficient (Wildman–Crippen LogP) is 3.75. The molecule has 1 aliphatic rings. The van der Waals surface area contributed by atoms with Gasteiger partial charge in [-0.2, -0.15) is 0 Å². The maximum absolute atomic E-state index is 9.40. The van der Waals surface area contributed by atoms with Crippen LogP contribution in [0.2, 0.25) is 5.02 Å². The highest BCUT2D eigenvalue weighted by Gasteiger charge is 2.14. The van der Waals surface area contributed by atoms with E-state index in [1.165, 1.54) is 11.8 Å². The normalized spacial score (nSPS) is 13.3. The van der Waals surface area contributed by atoms with Gasteiger partial charge in [-0.3, -0.25) is 0 Å². The van der Waals surface area contributed by atoms with Crippen molar-refractivity contribution in [1.29, 1.82) is 0 Å². The van der Waals surface area contributed by atoms with Crippen molar-refractivity contribution in [2.45, 2.75) is 16.4 Å². The average molecular weight is 309 g/mol. The van der Waals surface area contributed by atoms with Gasteiger partial charge in [-0.1, -0.05) is 35.5 Å². The molecule has 0 spiro atoms. The van der Waals surface area contributed by atoms with Crippen molar-refractivity contribution >= 4 is 23.4 Å². The summed E-state index contributed by atoms with van der Waals surface area (Å²) in [5.41, 5.74) is 0.817. The molecule has 0 fully saturated rings. The second-order valence-electron chi connectivity index (χ2n) is 4.29. The maximum Gasteiger partial charge on any atom is 0.162 e. The van der Waals surface area contributed by atoms with Crippen LogP contribution in [-0.2, 0) is 6.61 Å². The summed E-state index contributed by atoms with van der Waals surface area (Å²) >= 11 is 7.72. The number of aliphatic hydroxyl groups is 1. The first-order valence-electron chi connectivity index (χ1n) is 6.23. The Morgan fingerprint density at radius 1 is 1.10 bits per heavy atom. The molecule has 3 nitrogen and oxygen atoms in total. The van der Waals surface area contributed by atoms with Crippen LogP contribution in [0.5, 0.6) is 11.5 Å². The average Bonchev–Trinajstić information content (AvgIpc) is 2.49. The van der Waals surface area contributed by atoms with Crippen molar-refractivity contribution in [3.05, 3.63) is 47.0 Å². The van der Waals surface area contributed by atoms with Crippen molar-refractivity contribution in [3.63, 3.8) is 0 Å². The van der Waals surface area contributed by atoms with Gasteiger partial charge in [0.25, 0.3) is 0 Å². The van der Waals surface area contributed by atoms with Gasteiger partial charge >= 0.3 is 0 Å². The number of hydrogen-bond acceptors (Lipinski definition) is 4. The largest absolute Gasteiger partial charge is 0.486 e. The second-order valence-corrected chi connectivity index (χ2v) is 5.78. The van der Waals surface area contributed by atoms with E-state index >= 15 is 0 Å². The Bertz CT molecular complexity index is 631. The zero-order valence-electron chi connectivity index (χ0n) is 10.6. The van der Waals surface area contributed by atoms with Crippen molar-refractivity contribution < 1.29 is 14.6 Å². The SMILES string of the molecule is OCc1cccc(Cl)c1Sc1ccc2c(c1)OCCO2. The number of halogens is 1. The summed E-state index contributed by atoms with van der Waals surface area (Å²) in [4.78, 5) is 1.87. The molecule has 0 aromatic heterocycles. The summed E-state index contributed by atoms with van der Waals surface area (Å²) in [6, 6.07) is 11.3. The Balaban J connectivity index is 1.92. The van der Waals surface area contributed by atoms with E-state index in [-0.39, 0.29) is 6.61 Å². The van der Waals surface area contributed by atoms with Crippen LogP contribution >= 0.6 is 23.4 Å². The Hall–Kier alpha value is -1.36. The van der Waals surface area contributed by atoms with Crippen LogP contribution in [0.1, 0.15) is 5.56 Å². The van der Waals surface area contributed by atoms with Crippen LogP contribution in [-0.4, -0.2) is 18.3 Å². The Labute approximate surface area is 126 Å². The molecule has 0 aliphatic carbocycles. The van der Waals surface area contributed by atoms with Gasteiger partial charge in [0.15, 0.2) is 11.5 Å². The first-order valence-corrected chi connectivity index (χ1v) is 7.43. The summed E-state index contributed by atoms with van der Waals surface area (Å²) in [7, 11) is 0. The third-order valence-electron chi connectivity index (χ3n) is 2.95. The first kappa shape index (κ1) is 13.6. The predicted molar refractivity (Wildman–Crippen MR) is 78.9 cm³/mol. The van der Waals surface area contributed by atoms with E-state index in [9.17, 15) is 5.11 Å². The van der Waals surface area contributed by atoms with E-state index in [1.807, 2.05) is 36.4 Å². The van der Waals surface area contributed by atoms with Crippen molar-refractivity contribution in [2.75, 3.05) is 13.2 Å². The van der Waals surface area contributed by atoms with Crippen LogP contribution < -0.4 is 9.47 Å². The molecule has 1 heterocycles. The molecule has 1 N–H and O–H groups in total. The molecular formula is C15H13ClO3S. The molecule has 2 aromatic carbocycles. The minimum absolute atomic E-state index is 0.0343. The highest BCUT2D eigenvalue weighted by Crippen LogP contribution is 2.40. The van der Waals surface area contributed by atoms with E-state index in [0.717, 1.165) is 26.9 Å². The molecule has 0 saturated carbocycles. The molecule has 0 atom stereocenters. The molecule has 5 heteroatoms. The third kappa shape index (κ3) is 2.73. The van der Waals surface area contributed by atoms with Gasteiger partial charge in [0, 0.05) is 9.79 Å². The zero-order valence-corrected chi connectivity index (χ0v) is 12.2. The van der Waals surface area contributed by atoms with E-state index in [2.05, 4.69) is 0 Å². The van der Waals surface area contributed by atoms with Gasteiger partial charge in [0.2, 0.25) is 0 Å². The third-order valence-corrected chi connectivity index (χ3v) is 4.56. The lowest BCUT2D eigenvalue weighted by molar-refractivity contribution is 0.171. The van der Waals surface area contributed by atoms with Crippen LogP contribution in [0.15, 0.2) is 46.2 Å². The van der Waals surface area contributed by atoms with Crippen molar-refractivity contribution in [1.82, 2.24) is 0 Å². The fourth-order valence-corrected chi connectivity index (χ4v) is 3.27. The van der Waals surface area contributed by atoms with Crippen LogP contribution in [0.25, 0.3) is 0 Å².